The molecule has 0 N–H and O–H groups in total. The van der Waals surface area contributed by atoms with E-state index in [-0.39, 0.29) is 12.1 Å². The Kier molecular flexibility index (Phi) is 6.48. The number of hydrogen-bond acceptors (Lipinski definition) is 5. The third-order valence-electron chi connectivity index (χ3n) is 5.91. The number of esters is 1. The van der Waals surface area contributed by atoms with Crippen LogP contribution in [0.2, 0.25) is 0 Å². The summed E-state index contributed by atoms with van der Waals surface area (Å²) in [5.74, 6) is -0.0293. The summed E-state index contributed by atoms with van der Waals surface area (Å²) >= 11 is 0. The summed E-state index contributed by atoms with van der Waals surface area (Å²) in [5.41, 5.74) is 1.24. The first-order valence-electron chi connectivity index (χ1n) is 11.3. The lowest BCUT2D eigenvalue weighted by Crippen LogP contribution is -2.41. The largest absolute Gasteiger partial charge is 0.459 e. The van der Waals surface area contributed by atoms with Gasteiger partial charge in [-0.05, 0) is 18.9 Å². The zero-order valence-electron chi connectivity index (χ0n) is 19.3. The number of imidazole rings is 2. The van der Waals surface area contributed by atoms with Crippen LogP contribution in [0.3, 0.4) is 0 Å². The summed E-state index contributed by atoms with van der Waals surface area (Å²) < 4.78 is 11.3. The zero-order valence-corrected chi connectivity index (χ0v) is 19.3. The third kappa shape index (κ3) is 4.35. The van der Waals surface area contributed by atoms with Crippen molar-refractivity contribution in [2.75, 3.05) is 0 Å². The van der Waals surface area contributed by atoms with E-state index in [0.29, 0.717) is 11.4 Å². The summed E-state index contributed by atoms with van der Waals surface area (Å²) in [6.45, 7) is 4.55. The quantitative estimate of drug-likeness (QED) is 0.288. The monoisotopic (exact) mass is 451 g/mol. The highest BCUT2D eigenvalue weighted by Crippen LogP contribution is 2.17. The minimum atomic E-state index is -0.650. The summed E-state index contributed by atoms with van der Waals surface area (Å²) in [6, 6.07) is 9.24. The van der Waals surface area contributed by atoms with Crippen LogP contribution >= 0.6 is 0 Å². The topological polar surface area (TPSA) is 92.5 Å². The predicted octanol–water partition coefficient (Wildman–Crippen LogP) is 2.78. The number of carbonyl (C=O) groups is 1. The fourth-order valence-electron chi connectivity index (χ4n) is 4.08. The van der Waals surface area contributed by atoms with Gasteiger partial charge in [0.1, 0.15) is 13.2 Å². The molecule has 1 aromatic carbocycles. The van der Waals surface area contributed by atoms with Gasteiger partial charge in [-0.3, -0.25) is 18.6 Å². The number of ether oxygens (including phenoxy) is 1. The molecular formula is C24H29N5O4. The summed E-state index contributed by atoms with van der Waals surface area (Å²) in [5, 5.41) is 0. The van der Waals surface area contributed by atoms with Gasteiger partial charge in [-0.2, -0.15) is 4.98 Å². The molecule has 0 aliphatic carbocycles. The normalized spacial score (nSPS) is 11.5. The first kappa shape index (κ1) is 22.6. The Morgan fingerprint density at radius 3 is 2.55 bits per heavy atom. The van der Waals surface area contributed by atoms with Gasteiger partial charge < -0.3 is 9.30 Å². The van der Waals surface area contributed by atoms with E-state index in [9.17, 15) is 14.4 Å². The minimum Gasteiger partial charge on any atom is -0.459 e. The van der Waals surface area contributed by atoms with Gasteiger partial charge in [0.25, 0.3) is 5.56 Å². The van der Waals surface area contributed by atoms with Crippen molar-refractivity contribution in [3.63, 3.8) is 0 Å². The highest BCUT2D eigenvalue weighted by molar-refractivity contribution is 5.76. The predicted molar refractivity (Wildman–Crippen MR) is 125 cm³/mol. The van der Waals surface area contributed by atoms with Crippen LogP contribution < -0.4 is 11.2 Å². The summed E-state index contributed by atoms with van der Waals surface area (Å²) in [4.78, 5) is 43.2. The van der Waals surface area contributed by atoms with Crippen LogP contribution in [0.25, 0.3) is 16.9 Å². The van der Waals surface area contributed by atoms with E-state index in [1.807, 2.05) is 43.5 Å². The van der Waals surface area contributed by atoms with Crippen molar-refractivity contribution in [2.45, 2.75) is 59.2 Å². The van der Waals surface area contributed by atoms with Gasteiger partial charge in [-0.15, -0.1) is 0 Å². The fraction of sp³-hybridized carbons (Fsp3) is 0.417. The number of hydrogen-bond donors (Lipinski definition) is 0. The van der Waals surface area contributed by atoms with Crippen molar-refractivity contribution in [3.05, 3.63) is 68.6 Å². The molecule has 4 rings (SSSR count). The maximum Gasteiger partial charge on any atom is 0.333 e. The lowest BCUT2D eigenvalue weighted by Gasteiger charge is -2.08. The molecule has 0 spiro atoms. The third-order valence-corrected chi connectivity index (χ3v) is 5.91. The molecule has 174 valence electrons. The second kappa shape index (κ2) is 9.48. The number of carbonyl (C=O) groups excluding carboxylic acids is 1. The molecule has 0 amide bonds. The van der Waals surface area contributed by atoms with Crippen LogP contribution in [-0.4, -0.2) is 29.1 Å². The van der Waals surface area contributed by atoms with Crippen LogP contribution in [0.5, 0.6) is 0 Å². The molecule has 0 saturated heterocycles. The van der Waals surface area contributed by atoms with E-state index in [1.165, 1.54) is 11.0 Å². The van der Waals surface area contributed by atoms with E-state index < -0.39 is 23.8 Å². The molecule has 0 radical (unpaired) electrons. The number of unbranched alkanes of at least 4 members (excludes halogenated alkanes) is 3. The molecular weight excluding hydrogens is 422 g/mol. The van der Waals surface area contributed by atoms with Gasteiger partial charge in [0.2, 0.25) is 5.78 Å². The van der Waals surface area contributed by atoms with E-state index in [4.69, 9.17) is 4.74 Å². The first-order chi connectivity index (χ1) is 15.9. The van der Waals surface area contributed by atoms with Gasteiger partial charge in [0, 0.05) is 25.5 Å². The molecule has 0 saturated carbocycles. The van der Waals surface area contributed by atoms with E-state index in [2.05, 4.69) is 16.5 Å². The molecule has 3 aromatic heterocycles. The highest BCUT2D eigenvalue weighted by atomic mass is 16.5. The molecule has 33 heavy (non-hydrogen) atoms. The van der Waals surface area contributed by atoms with Crippen LogP contribution in [0.4, 0.5) is 0 Å². The number of benzene rings is 1. The van der Waals surface area contributed by atoms with Crippen LogP contribution in [0.1, 0.15) is 43.9 Å². The van der Waals surface area contributed by atoms with Crippen molar-refractivity contribution >= 4 is 22.9 Å². The average Bonchev–Trinajstić information content (AvgIpc) is 3.32. The molecule has 0 fully saturated rings. The van der Waals surface area contributed by atoms with Gasteiger partial charge in [0.05, 0.1) is 0 Å². The van der Waals surface area contributed by atoms with Crippen molar-refractivity contribution in [1.82, 2.24) is 23.1 Å². The summed E-state index contributed by atoms with van der Waals surface area (Å²) in [6.07, 6.45) is 6.32. The van der Waals surface area contributed by atoms with Crippen molar-refractivity contribution in [2.24, 2.45) is 7.05 Å². The maximum absolute atomic E-state index is 13.3. The molecule has 4 aromatic rings. The molecule has 9 nitrogen and oxygen atoms in total. The van der Waals surface area contributed by atoms with Crippen LogP contribution in [-0.2, 0) is 36.3 Å². The molecule has 0 aliphatic rings. The van der Waals surface area contributed by atoms with E-state index >= 15 is 0 Å². The minimum absolute atomic E-state index is 0.0774. The smallest absolute Gasteiger partial charge is 0.333 e. The summed E-state index contributed by atoms with van der Waals surface area (Å²) in [7, 11) is 1.56. The zero-order chi connectivity index (χ0) is 23.5. The Morgan fingerprint density at radius 1 is 1.06 bits per heavy atom. The van der Waals surface area contributed by atoms with Crippen molar-refractivity contribution < 1.29 is 9.53 Å². The van der Waals surface area contributed by atoms with Crippen molar-refractivity contribution in [3.8, 4) is 0 Å². The molecule has 0 atom stereocenters. The number of fused-ring (bicyclic) bond motifs is 3. The Bertz CT molecular complexity index is 1410. The molecule has 3 heterocycles. The fourth-order valence-corrected chi connectivity index (χ4v) is 4.08. The first-order valence-corrected chi connectivity index (χ1v) is 11.3. The van der Waals surface area contributed by atoms with Gasteiger partial charge in [0.15, 0.2) is 11.2 Å². The van der Waals surface area contributed by atoms with E-state index in [0.717, 1.165) is 41.6 Å². The molecule has 0 aliphatic heterocycles. The van der Waals surface area contributed by atoms with Gasteiger partial charge in [-0.1, -0.05) is 56.5 Å². The number of rotatable bonds is 9. The standard InChI is InChI=1S/C24H29N5O4/c1-4-5-6-10-13-27-17(2)14-28-20-21(25-23(27)28)26(3)24(32)29(22(20)31)15-19(30)33-16-18-11-8-7-9-12-18/h7-9,11-12,14H,4-6,10,13,15-16H2,1-3H3. The number of nitrogens with zero attached hydrogens (tertiary/aromatic N) is 5. The molecule has 0 unspecified atom stereocenters. The lowest BCUT2D eigenvalue weighted by atomic mass is 10.2. The maximum atomic E-state index is 13.3. The van der Waals surface area contributed by atoms with Gasteiger partial charge in [-0.25, -0.2) is 9.36 Å². The Hall–Kier alpha value is -3.62. The molecule has 9 heteroatoms. The van der Waals surface area contributed by atoms with Gasteiger partial charge >= 0.3 is 11.7 Å². The SMILES string of the molecule is CCCCCCn1c(C)cn2c3c(=O)n(CC(=O)OCc4ccccc4)c(=O)n(C)c3nc12. The lowest BCUT2D eigenvalue weighted by molar-refractivity contribution is -0.145. The Labute approximate surface area is 190 Å². The Balaban J connectivity index is 1.67. The Morgan fingerprint density at radius 2 is 1.82 bits per heavy atom. The highest BCUT2D eigenvalue weighted by Gasteiger charge is 2.21. The molecule has 0 bridgehead atoms. The van der Waals surface area contributed by atoms with Crippen LogP contribution in [0, 0.1) is 6.92 Å². The second-order valence-corrected chi connectivity index (χ2v) is 8.32. The van der Waals surface area contributed by atoms with Crippen molar-refractivity contribution in [1.29, 1.82) is 0 Å². The number of aryl methyl sites for hydroxylation is 3. The number of aromatic nitrogens is 5. The van der Waals surface area contributed by atoms with E-state index in [1.54, 1.807) is 11.4 Å². The average molecular weight is 452 g/mol. The second-order valence-electron chi connectivity index (χ2n) is 8.32. The van der Waals surface area contributed by atoms with Crippen LogP contribution in [0.15, 0.2) is 46.1 Å².